The molecule has 1 aromatic carbocycles. The lowest BCUT2D eigenvalue weighted by Gasteiger charge is -2.28. The first kappa shape index (κ1) is 24.0. The van der Waals surface area contributed by atoms with Crippen molar-refractivity contribution in [2.45, 2.75) is 57.3 Å². The minimum atomic E-state index is -0.164. The fourth-order valence-electron chi connectivity index (χ4n) is 4.88. The molecule has 2 atom stereocenters. The fourth-order valence-corrected chi connectivity index (χ4v) is 5.08. The van der Waals surface area contributed by atoms with Crippen LogP contribution < -0.4 is 10.6 Å². The molecule has 2 unspecified atom stereocenters. The van der Waals surface area contributed by atoms with E-state index < -0.39 is 0 Å². The summed E-state index contributed by atoms with van der Waals surface area (Å²) in [7, 11) is 0. The Morgan fingerprint density at radius 3 is 2.80 bits per heavy atom. The molecule has 2 N–H and O–H groups in total. The Kier molecular flexibility index (Phi) is 7.17. The Labute approximate surface area is 209 Å². The number of carbonyl (C=O) groups excluding carboxylic acids is 2. The molecule has 2 amide bonds. The average molecular weight is 500 g/mol. The summed E-state index contributed by atoms with van der Waals surface area (Å²) in [6.45, 7) is 4.51. The third-order valence-corrected chi connectivity index (χ3v) is 7.02. The summed E-state index contributed by atoms with van der Waals surface area (Å²) in [6, 6.07) is 5.96. The van der Waals surface area contributed by atoms with Gasteiger partial charge in [-0.15, -0.1) is 0 Å². The van der Waals surface area contributed by atoms with Crippen LogP contribution in [0.2, 0.25) is 5.02 Å². The molecule has 186 valence electrons. The van der Waals surface area contributed by atoms with Gasteiger partial charge in [0.2, 0.25) is 11.9 Å². The average Bonchev–Trinajstić information content (AvgIpc) is 3.15. The number of anilines is 1. The lowest BCUT2D eigenvalue weighted by atomic mass is 10.0. The van der Waals surface area contributed by atoms with Crippen LogP contribution in [0.4, 0.5) is 5.95 Å². The van der Waals surface area contributed by atoms with Crippen molar-refractivity contribution in [3.63, 3.8) is 0 Å². The highest BCUT2D eigenvalue weighted by atomic mass is 35.5. The Bertz CT molecular complexity index is 1110. The molecule has 9 nitrogen and oxygen atoms in total. The highest BCUT2D eigenvalue weighted by Gasteiger charge is 2.30. The van der Waals surface area contributed by atoms with E-state index in [-0.39, 0.29) is 36.5 Å². The molecule has 0 aliphatic carbocycles. The molecule has 2 saturated heterocycles. The van der Waals surface area contributed by atoms with E-state index in [4.69, 9.17) is 21.1 Å². The molecule has 5 rings (SSSR count). The minimum Gasteiger partial charge on any atom is -0.381 e. The second-order valence-electron chi connectivity index (χ2n) is 9.42. The van der Waals surface area contributed by atoms with Crippen LogP contribution in [0.3, 0.4) is 0 Å². The molecule has 4 heterocycles. The summed E-state index contributed by atoms with van der Waals surface area (Å²) < 4.78 is 10.9. The van der Waals surface area contributed by atoms with Gasteiger partial charge in [-0.1, -0.05) is 23.7 Å². The van der Waals surface area contributed by atoms with Gasteiger partial charge in [-0.2, -0.15) is 0 Å². The maximum atomic E-state index is 13.1. The number of fused-ring (bicyclic) bond motifs is 1. The van der Waals surface area contributed by atoms with Crippen molar-refractivity contribution in [2.75, 3.05) is 31.7 Å². The summed E-state index contributed by atoms with van der Waals surface area (Å²) in [5.41, 5.74) is 2.76. The number of amides is 2. The number of hydrogen-bond donors (Lipinski definition) is 2. The second-order valence-corrected chi connectivity index (χ2v) is 9.83. The van der Waals surface area contributed by atoms with Gasteiger partial charge in [0.1, 0.15) is 6.54 Å². The number of benzene rings is 1. The molecule has 0 spiro atoms. The van der Waals surface area contributed by atoms with E-state index in [1.54, 1.807) is 11.1 Å². The predicted molar refractivity (Wildman–Crippen MR) is 131 cm³/mol. The Morgan fingerprint density at radius 2 is 2.00 bits per heavy atom. The molecule has 35 heavy (non-hydrogen) atoms. The molecule has 0 saturated carbocycles. The summed E-state index contributed by atoms with van der Waals surface area (Å²) in [6.07, 6.45) is 5.07. The Morgan fingerprint density at radius 1 is 1.20 bits per heavy atom. The van der Waals surface area contributed by atoms with Gasteiger partial charge in [-0.25, -0.2) is 9.97 Å². The van der Waals surface area contributed by atoms with Crippen LogP contribution in [-0.4, -0.2) is 71.2 Å². The first-order valence-corrected chi connectivity index (χ1v) is 12.5. The van der Waals surface area contributed by atoms with Crippen molar-refractivity contribution in [2.24, 2.45) is 0 Å². The van der Waals surface area contributed by atoms with Crippen LogP contribution in [-0.2, 0) is 20.8 Å². The van der Waals surface area contributed by atoms with Gasteiger partial charge in [0.05, 0.1) is 23.0 Å². The van der Waals surface area contributed by atoms with Crippen LogP contribution in [0.25, 0.3) is 11.3 Å². The van der Waals surface area contributed by atoms with Crippen molar-refractivity contribution < 1.29 is 19.1 Å². The predicted octanol–water partition coefficient (Wildman–Crippen LogP) is 3.03. The van der Waals surface area contributed by atoms with Crippen molar-refractivity contribution in [1.29, 1.82) is 0 Å². The number of ether oxygens (including phenoxy) is 2. The largest absolute Gasteiger partial charge is 0.381 e. The molecule has 2 aromatic rings. The Balaban J connectivity index is 1.27. The number of halogens is 1. The topological polar surface area (TPSA) is 106 Å². The van der Waals surface area contributed by atoms with E-state index in [0.717, 1.165) is 36.8 Å². The molecule has 3 aliphatic rings. The van der Waals surface area contributed by atoms with E-state index in [0.29, 0.717) is 48.6 Å². The van der Waals surface area contributed by atoms with Crippen LogP contribution >= 0.6 is 11.6 Å². The third kappa shape index (κ3) is 5.58. The van der Waals surface area contributed by atoms with Crippen molar-refractivity contribution in [3.8, 4) is 11.3 Å². The number of aromatic nitrogens is 2. The number of nitrogens with one attached hydrogen (secondary N) is 2. The van der Waals surface area contributed by atoms with Gasteiger partial charge >= 0.3 is 0 Å². The third-order valence-electron chi connectivity index (χ3n) is 6.75. The standard InChI is InChI=1S/C25H30ClN5O4/c1-15-10-19(6-9-35-15)28-22(32)14-31-13-17-3-2-16(11-20(17)24(31)33)23-21(26)12-27-25(30-23)29-18-4-7-34-8-5-18/h2-3,11-12,15,18-19H,4-10,13-14H2,1H3,(H,28,32)(H,27,29,30). The van der Waals surface area contributed by atoms with Crippen molar-refractivity contribution >= 4 is 29.4 Å². The van der Waals surface area contributed by atoms with E-state index in [1.807, 2.05) is 25.1 Å². The summed E-state index contributed by atoms with van der Waals surface area (Å²) >= 11 is 6.43. The zero-order valence-electron chi connectivity index (χ0n) is 19.8. The number of nitrogens with zero attached hydrogens (tertiary/aromatic N) is 3. The number of rotatable bonds is 6. The first-order chi connectivity index (χ1) is 17.0. The summed E-state index contributed by atoms with van der Waals surface area (Å²) in [5.74, 6) is 0.195. The quantitative estimate of drug-likeness (QED) is 0.629. The minimum absolute atomic E-state index is 0.0298. The van der Waals surface area contributed by atoms with Crippen LogP contribution in [0, 0.1) is 0 Å². The van der Waals surface area contributed by atoms with E-state index in [2.05, 4.69) is 20.6 Å². The zero-order valence-corrected chi connectivity index (χ0v) is 20.5. The molecule has 0 bridgehead atoms. The van der Waals surface area contributed by atoms with Crippen molar-refractivity contribution in [3.05, 3.63) is 40.5 Å². The second kappa shape index (κ2) is 10.5. The van der Waals surface area contributed by atoms with Gasteiger partial charge in [0.25, 0.3) is 5.91 Å². The van der Waals surface area contributed by atoms with E-state index in [9.17, 15) is 9.59 Å². The molecule has 2 fully saturated rings. The highest BCUT2D eigenvalue weighted by Crippen LogP contribution is 2.31. The van der Waals surface area contributed by atoms with Gasteiger partial charge in [-0.05, 0) is 44.2 Å². The SMILES string of the molecule is CC1CC(NC(=O)CN2Cc3ccc(-c4nc(NC5CCOCC5)ncc4Cl)cc3C2=O)CCO1. The lowest BCUT2D eigenvalue weighted by Crippen LogP contribution is -2.45. The molecule has 1 aromatic heterocycles. The van der Waals surface area contributed by atoms with Crippen LogP contribution in [0.1, 0.15) is 48.5 Å². The van der Waals surface area contributed by atoms with E-state index in [1.165, 1.54) is 0 Å². The zero-order chi connectivity index (χ0) is 24.4. The molecule has 0 radical (unpaired) electrons. The van der Waals surface area contributed by atoms with Gasteiger partial charge in [-0.3, -0.25) is 9.59 Å². The van der Waals surface area contributed by atoms with Gasteiger partial charge < -0.3 is 25.0 Å². The maximum absolute atomic E-state index is 13.1. The normalized spacial score (nSPS) is 22.7. The van der Waals surface area contributed by atoms with Crippen LogP contribution in [0.5, 0.6) is 0 Å². The number of hydrogen-bond acceptors (Lipinski definition) is 7. The molecule has 3 aliphatic heterocycles. The first-order valence-electron chi connectivity index (χ1n) is 12.2. The maximum Gasteiger partial charge on any atom is 0.254 e. The van der Waals surface area contributed by atoms with Gasteiger partial charge in [0.15, 0.2) is 0 Å². The highest BCUT2D eigenvalue weighted by molar-refractivity contribution is 6.33. The molecular weight excluding hydrogens is 470 g/mol. The summed E-state index contributed by atoms with van der Waals surface area (Å²) in [5, 5.41) is 6.81. The smallest absolute Gasteiger partial charge is 0.254 e. The van der Waals surface area contributed by atoms with Gasteiger partial charge in [0, 0.05) is 49.6 Å². The van der Waals surface area contributed by atoms with E-state index >= 15 is 0 Å². The monoisotopic (exact) mass is 499 g/mol. The lowest BCUT2D eigenvalue weighted by molar-refractivity contribution is -0.123. The fraction of sp³-hybridized carbons (Fsp3) is 0.520. The van der Waals surface area contributed by atoms with Crippen molar-refractivity contribution in [1.82, 2.24) is 20.2 Å². The number of carbonyl (C=O) groups is 2. The summed E-state index contributed by atoms with van der Waals surface area (Å²) in [4.78, 5) is 36.2. The van der Waals surface area contributed by atoms with Crippen LogP contribution in [0.15, 0.2) is 24.4 Å². The Hall–Kier alpha value is -2.75. The molecule has 10 heteroatoms. The molecular formula is C25H30ClN5O4.